The van der Waals surface area contributed by atoms with Gasteiger partial charge >= 0.3 is 12.3 Å². The maximum atomic E-state index is 13.2. The monoisotopic (exact) mass is 462 g/mol. The van der Waals surface area contributed by atoms with E-state index in [9.17, 15) is 27.9 Å². The molecule has 2 aliphatic rings. The van der Waals surface area contributed by atoms with Gasteiger partial charge in [-0.15, -0.1) is 0 Å². The molecule has 3 rings (SSSR count). The van der Waals surface area contributed by atoms with Crippen LogP contribution < -0.4 is 0 Å². The van der Waals surface area contributed by atoms with Crippen molar-refractivity contribution < 1.29 is 32.6 Å². The number of benzene rings is 1. The number of hydrogen-bond donors (Lipinski definition) is 1. The summed E-state index contributed by atoms with van der Waals surface area (Å²) in [6.07, 6.45) is -4.20. The van der Waals surface area contributed by atoms with E-state index >= 15 is 0 Å². The normalized spacial score (nSPS) is 21.1. The summed E-state index contributed by atoms with van der Waals surface area (Å²) in [5.74, 6) is -1.42. The molecule has 2 heterocycles. The Hall–Kier alpha value is -2.00. The Labute approximate surface area is 183 Å². The average molecular weight is 463 g/mol. The number of amides is 2. The minimum Gasteiger partial charge on any atom is -0.444 e. The first-order valence-corrected chi connectivity index (χ1v) is 10.4. The maximum absolute atomic E-state index is 13.2. The fourth-order valence-electron chi connectivity index (χ4n) is 4.00. The van der Waals surface area contributed by atoms with Gasteiger partial charge in [0, 0.05) is 24.7 Å². The first kappa shape index (κ1) is 23.7. The number of hydrogen-bond acceptors (Lipinski definition) is 4. The van der Waals surface area contributed by atoms with Crippen LogP contribution >= 0.6 is 11.6 Å². The molecular weight excluding hydrogens is 437 g/mol. The van der Waals surface area contributed by atoms with Crippen LogP contribution in [-0.2, 0) is 22.6 Å². The SMILES string of the molecule is CC(C)(C)OC(=O)N1CCC[C@H]1c1cc(Cl)cc2c1CN(C(=O)[C@@](C)(O)C(F)(F)F)C2. The highest BCUT2D eigenvalue weighted by atomic mass is 35.5. The highest BCUT2D eigenvalue weighted by Crippen LogP contribution is 2.41. The van der Waals surface area contributed by atoms with Gasteiger partial charge in [0.2, 0.25) is 5.60 Å². The molecule has 31 heavy (non-hydrogen) atoms. The maximum Gasteiger partial charge on any atom is 0.426 e. The molecule has 172 valence electrons. The van der Waals surface area contributed by atoms with E-state index in [2.05, 4.69) is 0 Å². The Morgan fingerprint density at radius 2 is 1.81 bits per heavy atom. The predicted octanol–water partition coefficient (Wildman–Crippen LogP) is 4.57. The average Bonchev–Trinajstić information content (AvgIpc) is 3.24. The van der Waals surface area contributed by atoms with E-state index < -0.39 is 29.4 Å². The molecule has 1 aromatic rings. The zero-order valence-electron chi connectivity index (χ0n) is 17.8. The number of carbonyl (C=O) groups excluding carboxylic acids is 2. The molecule has 6 nitrogen and oxygen atoms in total. The van der Waals surface area contributed by atoms with Crippen molar-refractivity contribution in [3.05, 3.63) is 33.8 Å². The molecule has 10 heteroatoms. The Bertz CT molecular complexity index is 896. The lowest BCUT2D eigenvalue weighted by Gasteiger charge is -2.30. The lowest BCUT2D eigenvalue weighted by molar-refractivity contribution is -0.250. The number of halogens is 4. The summed E-state index contributed by atoms with van der Waals surface area (Å²) in [5, 5.41) is 10.2. The van der Waals surface area contributed by atoms with Gasteiger partial charge in [-0.25, -0.2) is 4.79 Å². The molecule has 0 saturated carbocycles. The number of nitrogens with zero attached hydrogens (tertiary/aromatic N) is 2. The Morgan fingerprint density at radius 3 is 2.39 bits per heavy atom. The van der Waals surface area contributed by atoms with Crippen molar-refractivity contribution in [2.24, 2.45) is 0 Å². The van der Waals surface area contributed by atoms with Gasteiger partial charge < -0.3 is 19.6 Å². The Morgan fingerprint density at radius 1 is 1.16 bits per heavy atom. The number of fused-ring (bicyclic) bond motifs is 1. The molecule has 0 aromatic heterocycles. The van der Waals surface area contributed by atoms with Gasteiger partial charge in [0.15, 0.2) is 0 Å². The molecule has 2 aliphatic heterocycles. The number of carbonyl (C=O) groups is 2. The molecule has 0 radical (unpaired) electrons. The first-order valence-electron chi connectivity index (χ1n) is 10.0. The van der Waals surface area contributed by atoms with Crippen molar-refractivity contribution in [1.82, 2.24) is 9.80 Å². The second-order valence-corrected chi connectivity index (χ2v) is 9.63. The molecule has 2 atom stereocenters. The van der Waals surface area contributed by atoms with E-state index in [1.54, 1.807) is 37.8 Å². The summed E-state index contributed by atoms with van der Waals surface area (Å²) in [4.78, 5) is 27.7. The van der Waals surface area contributed by atoms with Crippen LogP contribution in [0, 0.1) is 0 Å². The van der Waals surface area contributed by atoms with Crippen LogP contribution in [0.5, 0.6) is 0 Å². The van der Waals surface area contributed by atoms with Crippen molar-refractivity contribution in [1.29, 1.82) is 0 Å². The molecule has 2 amide bonds. The van der Waals surface area contributed by atoms with E-state index in [4.69, 9.17) is 16.3 Å². The summed E-state index contributed by atoms with van der Waals surface area (Å²) in [5.41, 5.74) is -2.23. The van der Waals surface area contributed by atoms with Crippen molar-refractivity contribution in [3.63, 3.8) is 0 Å². The summed E-state index contributed by atoms with van der Waals surface area (Å²) in [6.45, 7) is 6.02. The first-order chi connectivity index (χ1) is 14.1. The van der Waals surface area contributed by atoms with Crippen LogP contribution in [0.1, 0.15) is 63.3 Å². The highest BCUT2D eigenvalue weighted by molar-refractivity contribution is 6.30. The molecule has 0 spiro atoms. The lowest BCUT2D eigenvalue weighted by atomic mass is 9.96. The van der Waals surface area contributed by atoms with Gasteiger partial charge in [-0.05, 0) is 69.4 Å². The van der Waals surface area contributed by atoms with Crippen LogP contribution in [0.3, 0.4) is 0 Å². The summed E-state index contributed by atoms with van der Waals surface area (Å²) in [7, 11) is 0. The number of aliphatic hydroxyl groups is 1. The van der Waals surface area contributed by atoms with Gasteiger partial charge in [0.1, 0.15) is 5.60 Å². The number of rotatable bonds is 2. The van der Waals surface area contributed by atoms with Gasteiger partial charge in [-0.1, -0.05) is 11.6 Å². The van der Waals surface area contributed by atoms with E-state index in [-0.39, 0.29) is 19.1 Å². The molecule has 0 unspecified atom stereocenters. The highest BCUT2D eigenvalue weighted by Gasteiger charge is 2.57. The molecule has 0 aliphatic carbocycles. The second-order valence-electron chi connectivity index (χ2n) is 9.20. The lowest BCUT2D eigenvalue weighted by Crippen LogP contribution is -2.54. The molecule has 1 saturated heterocycles. The third-order valence-corrected chi connectivity index (χ3v) is 5.77. The van der Waals surface area contributed by atoms with Crippen LogP contribution in [0.25, 0.3) is 0 Å². The fourth-order valence-corrected chi connectivity index (χ4v) is 4.25. The summed E-state index contributed by atoms with van der Waals surface area (Å²) >= 11 is 6.26. The number of alkyl halides is 3. The minimum absolute atomic E-state index is 0.104. The number of ether oxygens (including phenoxy) is 1. The molecule has 1 fully saturated rings. The second kappa shape index (κ2) is 7.85. The third kappa shape index (κ3) is 4.62. The zero-order chi connectivity index (χ0) is 23.4. The van der Waals surface area contributed by atoms with Crippen LogP contribution in [0.2, 0.25) is 5.02 Å². The number of likely N-dealkylation sites (tertiary alicyclic amines) is 1. The zero-order valence-corrected chi connectivity index (χ0v) is 18.6. The van der Waals surface area contributed by atoms with Crippen molar-refractivity contribution >= 4 is 23.6 Å². The topological polar surface area (TPSA) is 70.1 Å². The van der Waals surface area contributed by atoms with Crippen LogP contribution in [-0.4, -0.2) is 50.8 Å². The predicted molar refractivity (Wildman–Crippen MR) is 107 cm³/mol. The van der Waals surface area contributed by atoms with E-state index in [0.717, 1.165) is 11.3 Å². The van der Waals surface area contributed by atoms with Gasteiger partial charge in [-0.2, -0.15) is 13.2 Å². The van der Waals surface area contributed by atoms with Crippen LogP contribution in [0.4, 0.5) is 18.0 Å². The van der Waals surface area contributed by atoms with Crippen molar-refractivity contribution in [3.8, 4) is 0 Å². The summed E-state index contributed by atoms with van der Waals surface area (Å²) in [6, 6.07) is 2.92. The smallest absolute Gasteiger partial charge is 0.426 e. The Balaban J connectivity index is 1.91. The fraction of sp³-hybridized carbons (Fsp3) is 0.619. The summed E-state index contributed by atoms with van der Waals surface area (Å²) < 4.78 is 45.0. The van der Waals surface area contributed by atoms with Gasteiger partial charge in [0.05, 0.1) is 6.04 Å². The van der Waals surface area contributed by atoms with Crippen molar-refractivity contribution in [2.45, 2.75) is 77.0 Å². The third-order valence-electron chi connectivity index (χ3n) is 5.55. The minimum atomic E-state index is -5.10. The van der Waals surface area contributed by atoms with Crippen LogP contribution in [0.15, 0.2) is 12.1 Å². The molecule has 1 aromatic carbocycles. The van der Waals surface area contributed by atoms with E-state index in [0.29, 0.717) is 41.6 Å². The Kier molecular flexibility index (Phi) is 5.99. The van der Waals surface area contributed by atoms with E-state index in [1.807, 2.05) is 0 Å². The van der Waals surface area contributed by atoms with Gasteiger partial charge in [0.25, 0.3) is 5.91 Å². The quantitative estimate of drug-likeness (QED) is 0.699. The molecular formula is C21H26ClF3N2O4. The standard InChI is InChI=1S/C21H26ClF3N2O4/c1-19(2,3)31-18(29)27-7-5-6-16(27)14-9-13(22)8-12-10-26(11-15(12)14)17(28)20(4,30)21(23,24)25/h8-9,16,30H,5-7,10-11H2,1-4H3/t16-,20+/m0/s1. The largest absolute Gasteiger partial charge is 0.444 e. The molecule has 1 N–H and O–H groups in total. The van der Waals surface area contributed by atoms with Gasteiger partial charge in [-0.3, -0.25) is 4.79 Å². The van der Waals surface area contributed by atoms with E-state index in [1.165, 1.54) is 0 Å². The van der Waals surface area contributed by atoms with Crippen molar-refractivity contribution in [2.75, 3.05) is 6.54 Å². The molecule has 0 bridgehead atoms.